The third-order valence-corrected chi connectivity index (χ3v) is 3.05. The minimum absolute atomic E-state index is 0.284. The van der Waals surface area contributed by atoms with Gasteiger partial charge in [-0.05, 0) is 43.1 Å². The number of amides is 1. The lowest BCUT2D eigenvalue weighted by Crippen LogP contribution is -2.30. The van der Waals surface area contributed by atoms with Crippen LogP contribution in [-0.2, 0) is 0 Å². The summed E-state index contributed by atoms with van der Waals surface area (Å²) in [6.45, 7) is 3.06. The van der Waals surface area contributed by atoms with Gasteiger partial charge < -0.3 is 15.8 Å². The van der Waals surface area contributed by atoms with E-state index in [-0.39, 0.29) is 17.2 Å². The first kappa shape index (κ1) is 17.3. The lowest BCUT2D eigenvalue weighted by atomic mass is 10.0. The molecular formula is C14H19F3N2O2. The molecule has 0 radical (unpaired) electrons. The molecule has 1 amide bonds. The van der Waals surface area contributed by atoms with Crippen molar-refractivity contribution in [3.63, 3.8) is 0 Å². The predicted octanol–water partition coefficient (Wildman–Crippen LogP) is 2.69. The Bertz CT molecular complexity index is 447. The Kier molecular flexibility index (Phi) is 6.48. The molecule has 0 saturated heterocycles. The highest BCUT2D eigenvalue weighted by Gasteiger charge is 2.31. The average Bonchev–Trinajstić information content (AvgIpc) is 2.42. The zero-order chi connectivity index (χ0) is 15.9. The van der Waals surface area contributed by atoms with Crippen molar-refractivity contribution in [3.05, 3.63) is 29.8 Å². The summed E-state index contributed by atoms with van der Waals surface area (Å²) in [4.78, 5) is 11.9. The van der Waals surface area contributed by atoms with Gasteiger partial charge in [-0.1, -0.05) is 13.3 Å². The van der Waals surface area contributed by atoms with Crippen molar-refractivity contribution in [3.8, 4) is 5.75 Å². The minimum Gasteiger partial charge on any atom is -0.406 e. The number of hydrogen-bond donors (Lipinski definition) is 2. The molecule has 0 fully saturated rings. The number of hydrogen-bond acceptors (Lipinski definition) is 3. The first-order valence-corrected chi connectivity index (χ1v) is 6.69. The van der Waals surface area contributed by atoms with Gasteiger partial charge in [0.1, 0.15) is 5.75 Å². The van der Waals surface area contributed by atoms with Crippen LogP contribution in [0.5, 0.6) is 5.75 Å². The zero-order valence-corrected chi connectivity index (χ0v) is 11.7. The first-order valence-electron chi connectivity index (χ1n) is 6.69. The van der Waals surface area contributed by atoms with E-state index in [0.29, 0.717) is 19.0 Å². The van der Waals surface area contributed by atoms with Crippen LogP contribution in [0.4, 0.5) is 13.2 Å². The third-order valence-electron chi connectivity index (χ3n) is 3.05. The maximum atomic E-state index is 12.0. The van der Waals surface area contributed by atoms with Crippen LogP contribution in [0.2, 0.25) is 0 Å². The van der Waals surface area contributed by atoms with E-state index in [0.717, 1.165) is 25.0 Å². The zero-order valence-electron chi connectivity index (χ0n) is 11.7. The second kappa shape index (κ2) is 7.87. The molecule has 0 aliphatic heterocycles. The highest BCUT2D eigenvalue weighted by atomic mass is 19.4. The van der Waals surface area contributed by atoms with Crippen LogP contribution in [0.1, 0.15) is 30.1 Å². The van der Waals surface area contributed by atoms with Crippen molar-refractivity contribution in [2.75, 3.05) is 13.1 Å². The summed E-state index contributed by atoms with van der Waals surface area (Å²) in [5.74, 6) is -0.385. The van der Waals surface area contributed by atoms with Crippen LogP contribution in [0, 0.1) is 5.92 Å². The second-order valence-electron chi connectivity index (χ2n) is 4.63. The fourth-order valence-corrected chi connectivity index (χ4v) is 1.83. The van der Waals surface area contributed by atoms with E-state index in [9.17, 15) is 18.0 Å². The van der Waals surface area contributed by atoms with Crippen LogP contribution in [0.15, 0.2) is 24.3 Å². The number of benzene rings is 1. The van der Waals surface area contributed by atoms with Gasteiger partial charge in [-0.2, -0.15) is 0 Å². The summed E-state index contributed by atoms with van der Waals surface area (Å²) >= 11 is 0. The van der Waals surface area contributed by atoms with E-state index in [1.165, 1.54) is 12.1 Å². The molecule has 0 bridgehead atoms. The van der Waals surface area contributed by atoms with Crippen molar-refractivity contribution in [2.24, 2.45) is 11.7 Å². The van der Waals surface area contributed by atoms with Crippen LogP contribution in [0.25, 0.3) is 0 Å². The summed E-state index contributed by atoms with van der Waals surface area (Å²) in [5, 5.41) is 2.74. The summed E-state index contributed by atoms with van der Waals surface area (Å²) in [5.41, 5.74) is 5.76. The smallest absolute Gasteiger partial charge is 0.406 e. The highest BCUT2D eigenvalue weighted by molar-refractivity contribution is 5.94. The first-order chi connectivity index (χ1) is 9.85. The molecule has 1 aromatic rings. The number of nitrogens with one attached hydrogen (secondary N) is 1. The number of alkyl halides is 3. The number of nitrogens with two attached hydrogens (primary N) is 1. The summed E-state index contributed by atoms with van der Waals surface area (Å²) in [7, 11) is 0. The Morgan fingerprint density at radius 2 is 1.95 bits per heavy atom. The second-order valence-corrected chi connectivity index (χ2v) is 4.63. The number of carbonyl (C=O) groups excluding carboxylic acids is 1. The Balaban J connectivity index is 2.55. The molecule has 3 N–H and O–H groups in total. The minimum atomic E-state index is -4.74. The van der Waals surface area contributed by atoms with Gasteiger partial charge in [-0.25, -0.2) is 0 Å². The standard InChI is InChI=1S/C14H19F3N2O2/c1-2-10(7-8-18)9-19-13(20)11-3-5-12(6-4-11)21-14(15,16)17/h3-6,10H,2,7-9,18H2,1H3,(H,19,20). The van der Waals surface area contributed by atoms with E-state index in [2.05, 4.69) is 10.1 Å². The van der Waals surface area contributed by atoms with Crippen LogP contribution < -0.4 is 15.8 Å². The van der Waals surface area contributed by atoms with Gasteiger partial charge in [0.25, 0.3) is 5.91 Å². The normalized spacial score (nSPS) is 12.8. The predicted molar refractivity (Wildman–Crippen MR) is 72.9 cm³/mol. The molecule has 7 heteroatoms. The van der Waals surface area contributed by atoms with Crippen molar-refractivity contribution >= 4 is 5.91 Å². The van der Waals surface area contributed by atoms with Gasteiger partial charge in [0.05, 0.1) is 0 Å². The van der Waals surface area contributed by atoms with E-state index in [1.807, 2.05) is 6.92 Å². The molecule has 1 atom stereocenters. The molecule has 0 aliphatic carbocycles. The van der Waals surface area contributed by atoms with Crippen LogP contribution >= 0.6 is 0 Å². The Labute approximate surface area is 121 Å². The van der Waals surface area contributed by atoms with Crippen molar-refractivity contribution in [2.45, 2.75) is 26.1 Å². The Hall–Kier alpha value is -1.76. The lowest BCUT2D eigenvalue weighted by molar-refractivity contribution is -0.274. The van der Waals surface area contributed by atoms with Crippen molar-refractivity contribution in [1.82, 2.24) is 5.32 Å². The average molecular weight is 304 g/mol. The fraction of sp³-hybridized carbons (Fsp3) is 0.500. The molecular weight excluding hydrogens is 285 g/mol. The van der Waals surface area contributed by atoms with Crippen LogP contribution in [0.3, 0.4) is 0 Å². The molecule has 4 nitrogen and oxygen atoms in total. The SMILES string of the molecule is CCC(CCN)CNC(=O)c1ccc(OC(F)(F)F)cc1. The van der Waals surface area contributed by atoms with Crippen molar-refractivity contribution < 1.29 is 22.7 Å². The van der Waals surface area contributed by atoms with Crippen molar-refractivity contribution in [1.29, 1.82) is 0 Å². The van der Waals surface area contributed by atoms with Gasteiger partial charge >= 0.3 is 6.36 Å². The molecule has 1 unspecified atom stereocenters. The van der Waals surface area contributed by atoms with E-state index in [4.69, 9.17) is 5.73 Å². The molecule has 0 aromatic heterocycles. The highest BCUT2D eigenvalue weighted by Crippen LogP contribution is 2.22. The van der Waals surface area contributed by atoms with Crippen LogP contribution in [-0.4, -0.2) is 25.4 Å². The van der Waals surface area contributed by atoms with E-state index in [1.54, 1.807) is 0 Å². The molecule has 118 valence electrons. The molecule has 0 aliphatic rings. The quantitative estimate of drug-likeness (QED) is 0.814. The summed E-state index contributed by atoms with van der Waals surface area (Å²) < 4.78 is 39.8. The Morgan fingerprint density at radius 3 is 2.43 bits per heavy atom. The topological polar surface area (TPSA) is 64.3 Å². The summed E-state index contributed by atoms with van der Waals surface area (Å²) in [6.07, 6.45) is -3.02. The number of rotatable bonds is 7. The van der Waals surface area contributed by atoms with Gasteiger partial charge in [0, 0.05) is 12.1 Å². The monoisotopic (exact) mass is 304 g/mol. The lowest BCUT2D eigenvalue weighted by Gasteiger charge is -2.14. The molecule has 0 spiro atoms. The Morgan fingerprint density at radius 1 is 1.33 bits per heavy atom. The molecule has 1 rings (SSSR count). The van der Waals surface area contributed by atoms with Gasteiger partial charge in [0.15, 0.2) is 0 Å². The largest absolute Gasteiger partial charge is 0.573 e. The maximum Gasteiger partial charge on any atom is 0.573 e. The number of carbonyl (C=O) groups is 1. The molecule has 0 heterocycles. The number of halogens is 3. The third kappa shape index (κ3) is 6.48. The van der Waals surface area contributed by atoms with Gasteiger partial charge in [0.2, 0.25) is 0 Å². The van der Waals surface area contributed by atoms with E-state index < -0.39 is 6.36 Å². The fourth-order valence-electron chi connectivity index (χ4n) is 1.83. The molecule has 21 heavy (non-hydrogen) atoms. The molecule has 0 saturated carbocycles. The molecule has 1 aromatic carbocycles. The van der Waals surface area contributed by atoms with Gasteiger partial charge in [-0.15, -0.1) is 13.2 Å². The summed E-state index contributed by atoms with van der Waals surface area (Å²) in [6, 6.07) is 4.81. The maximum absolute atomic E-state index is 12.0. The van der Waals surface area contributed by atoms with E-state index >= 15 is 0 Å². The number of ether oxygens (including phenoxy) is 1. The van der Waals surface area contributed by atoms with Gasteiger partial charge in [-0.3, -0.25) is 4.79 Å².